The van der Waals surface area contributed by atoms with Gasteiger partial charge in [0.15, 0.2) is 0 Å². The normalized spacial score (nSPS) is 21.6. The first kappa shape index (κ1) is 12.3. The lowest BCUT2D eigenvalue weighted by Crippen LogP contribution is -2.20. The molecule has 0 N–H and O–H groups in total. The molecule has 1 fully saturated rings. The van der Waals surface area contributed by atoms with E-state index >= 15 is 0 Å². The number of hydrogen-bond acceptors (Lipinski definition) is 1. The van der Waals surface area contributed by atoms with Crippen molar-refractivity contribution in [2.24, 2.45) is 5.92 Å². The van der Waals surface area contributed by atoms with Crippen molar-refractivity contribution in [3.05, 3.63) is 34.1 Å². The summed E-state index contributed by atoms with van der Waals surface area (Å²) in [5.74, 6) is 1.15. The van der Waals surface area contributed by atoms with E-state index < -0.39 is 0 Å². The molecule has 0 spiro atoms. The molecular weight excluding hydrogens is 292 g/mol. The van der Waals surface area contributed by atoms with E-state index in [9.17, 15) is 4.39 Å². The Bertz CT molecular complexity index is 372. The highest BCUT2D eigenvalue weighted by molar-refractivity contribution is 9.10. The second-order valence-electron chi connectivity index (χ2n) is 4.29. The summed E-state index contributed by atoms with van der Waals surface area (Å²) in [5.41, 5.74) is 1.14. The van der Waals surface area contributed by atoms with Crippen LogP contribution >= 0.6 is 27.5 Å². The van der Waals surface area contributed by atoms with Crippen LogP contribution in [0.1, 0.15) is 12.0 Å². The predicted octanol–water partition coefficient (Wildman–Crippen LogP) is 3.65. The Balaban J connectivity index is 1.97. The van der Waals surface area contributed by atoms with E-state index in [4.69, 9.17) is 11.6 Å². The Morgan fingerprint density at radius 3 is 2.94 bits per heavy atom. The lowest BCUT2D eigenvalue weighted by molar-refractivity contribution is 0.320. The first-order valence-corrected chi connectivity index (χ1v) is 6.74. The summed E-state index contributed by atoms with van der Waals surface area (Å²) >= 11 is 9.04. The third kappa shape index (κ3) is 2.96. The molecule has 4 heteroatoms. The fraction of sp³-hybridized carbons (Fsp3) is 0.500. The molecule has 16 heavy (non-hydrogen) atoms. The van der Waals surface area contributed by atoms with Crippen LogP contribution in [-0.2, 0) is 6.54 Å². The fourth-order valence-corrected chi connectivity index (χ4v) is 2.76. The molecule has 0 bridgehead atoms. The van der Waals surface area contributed by atoms with Gasteiger partial charge in [-0.15, -0.1) is 11.6 Å². The molecule has 0 aliphatic carbocycles. The monoisotopic (exact) mass is 305 g/mol. The summed E-state index contributed by atoms with van der Waals surface area (Å²) in [5, 5.41) is 0. The highest BCUT2D eigenvalue weighted by atomic mass is 79.9. The lowest BCUT2D eigenvalue weighted by Gasteiger charge is -2.15. The van der Waals surface area contributed by atoms with Crippen molar-refractivity contribution in [2.45, 2.75) is 13.0 Å². The molecular formula is C12H14BrClFN. The van der Waals surface area contributed by atoms with E-state index in [2.05, 4.69) is 20.8 Å². The van der Waals surface area contributed by atoms with E-state index in [-0.39, 0.29) is 5.82 Å². The number of hydrogen-bond donors (Lipinski definition) is 0. The van der Waals surface area contributed by atoms with Crippen molar-refractivity contribution in [1.29, 1.82) is 0 Å². The topological polar surface area (TPSA) is 3.24 Å². The van der Waals surface area contributed by atoms with Gasteiger partial charge in [0, 0.05) is 19.0 Å². The Kier molecular flexibility index (Phi) is 4.22. The molecule has 1 heterocycles. The quantitative estimate of drug-likeness (QED) is 0.771. The summed E-state index contributed by atoms with van der Waals surface area (Å²) in [7, 11) is 0. The molecule has 1 saturated heterocycles. The van der Waals surface area contributed by atoms with Crippen LogP contribution in [0.25, 0.3) is 0 Å². The van der Waals surface area contributed by atoms with Crippen LogP contribution in [0, 0.1) is 11.7 Å². The van der Waals surface area contributed by atoms with Crippen molar-refractivity contribution >= 4 is 27.5 Å². The lowest BCUT2D eigenvalue weighted by atomic mass is 10.2. The van der Waals surface area contributed by atoms with Crippen LogP contribution < -0.4 is 0 Å². The number of benzene rings is 1. The third-order valence-electron chi connectivity index (χ3n) is 2.98. The van der Waals surface area contributed by atoms with Crippen LogP contribution in [0.4, 0.5) is 4.39 Å². The molecule has 0 saturated carbocycles. The van der Waals surface area contributed by atoms with Gasteiger partial charge in [-0.2, -0.15) is 0 Å². The average molecular weight is 307 g/mol. The largest absolute Gasteiger partial charge is 0.299 e. The molecule has 1 aromatic carbocycles. The molecule has 1 aromatic rings. The molecule has 1 aliphatic rings. The maximum atomic E-state index is 13.1. The SMILES string of the molecule is Fc1ccc(CN2CCC(CCl)C2)cc1Br. The fourth-order valence-electron chi connectivity index (χ4n) is 2.08. The number of rotatable bonds is 3. The Hall–Kier alpha value is -0.120. The average Bonchev–Trinajstić information content (AvgIpc) is 2.71. The van der Waals surface area contributed by atoms with Gasteiger partial charge in [-0.05, 0) is 52.5 Å². The molecule has 1 unspecified atom stereocenters. The van der Waals surface area contributed by atoms with Crippen molar-refractivity contribution in [3.63, 3.8) is 0 Å². The van der Waals surface area contributed by atoms with Gasteiger partial charge in [-0.3, -0.25) is 4.90 Å². The van der Waals surface area contributed by atoms with Crippen molar-refractivity contribution in [1.82, 2.24) is 4.90 Å². The van der Waals surface area contributed by atoms with Gasteiger partial charge < -0.3 is 0 Å². The van der Waals surface area contributed by atoms with Gasteiger partial charge in [-0.25, -0.2) is 4.39 Å². The van der Waals surface area contributed by atoms with E-state index in [1.54, 1.807) is 0 Å². The van der Waals surface area contributed by atoms with Gasteiger partial charge in [0.25, 0.3) is 0 Å². The molecule has 1 nitrogen and oxygen atoms in total. The summed E-state index contributed by atoms with van der Waals surface area (Å²) in [6.45, 7) is 3.02. The summed E-state index contributed by atoms with van der Waals surface area (Å²) in [6.07, 6.45) is 1.17. The minimum atomic E-state index is -0.205. The Labute approximate surface area is 109 Å². The molecule has 1 atom stereocenters. The first-order valence-electron chi connectivity index (χ1n) is 5.41. The minimum absolute atomic E-state index is 0.205. The zero-order valence-corrected chi connectivity index (χ0v) is 11.3. The van der Waals surface area contributed by atoms with Gasteiger partial charge in [0.1, 0.15) is 5.82 Å². The summed E-state index contributed by atoms with van der Waals surface area (Å²) in [4.78, 5) is 2.37. The van der Waals surface area contributed by atoms with E-state index in [1.807, 2.05) is 12.1 Å². The number of halogens is 3. The standard InChI is InChI=1S/C12H14BrClFN/c13-11-5-9(1-2-12(11)15)7-16-4-3-10(6-14)8-16/h1-2,5,10H,3-4,6-8H2. The maximum Gasteiger partial charge on any atom is 0.137 e. The molecule has 88 valence electrons. The number of likely N-dealkylation sites (tertiary alicyclic amines) is 1. The number of alkyl halides is 1. The molecule has 1 aliphatic heterocycles. The summed E-state index contributed by atoms with van der Waals surface area (Å²) in [6, 6.07) is 5.20. The maximum absolute atomic E-state index is 13.1. The van der Waals surface area contributed by atoms with Gasteiger partial charge in [0.05, 0.1) is 4.47 Å². The highest BCUT2D eigenvalue weighted by Crippen LogP contribution is 2.22. The van der Waals surface area contributed by atoms with Crippen LogP contribution in [0.3, 0.4) is 0 Å². The highest BCUT2D eigenvalue weighted by Gasteiger charge is 2.21. The second-order valence-corrected chi connectivity index (χ2v) is 5.46. The van der Waals surface area contributed by atoms with Crippen molar-refractivity contribution in [2.75, 3.05) is 19.0 Å². The zero-order valence-electron chi connectivity index (χ0n) is 8.93. The van der Waals surface area contributed by atoms with Crippen molar-refractivity contribution in [3.8, 4) is 0 Å². The predicted molar refractivity (Wildman–Crippen MR) is 68.2 cm³/mol. The van der Waals surface area contributed by atoms with Crippen LogP contribution in [0.2, 0.25) is 0 Å². The summed E-state index contributed by atoms with van der Waals surface area (Å²) < 4.78 is 13.6. The molecule has 2 rings (SSSR count). The van der Waals surface area contributed by atoms with Crippen LogP contribution in [0.5, 0.6) is 0 Å². The van der Waals surface area contributed by atoms with Gasteiger partial charge >= 0.3 is 0 Å². The molecule has 0 aromatic heterocycles. The smallest absolute Gasteiger partial charge is 0.137 e. The van der Waals surface area contributed by atoms with E-state index in [1.165, 1.54) is 12.5 Å². The minimum Gasteiger partial charge on any atom is -0.299 e. The Morgan fingerprint density at radius 2 is 2.31 bits per heavy atom. The van der Waals surface area contributed by atoms with E-state index in [0.29, 0.717) is 10.4 Å². The molecule has 0 radical (unpaired) electrons. The Morgan fingerprint density at radius 1 is 1.50 bits per heavy atom. The second kappa shape index (κ2) is 5.48. The van der Waals surface area contributed by atoms with Crippen LogP contribution in [0.15, 0.2) is 22.7 Å². The van der Waals surface area contributed by atoms with Gasteiger partial charge in [-0.1, -0.05) is 6.07 Å². The zero-order chi connectivity index (χ0) is 11.5. The van der Waals surface area contributed by atoms with E-state index in [0.717, 1.165) is 31.1 Å². The van der Waals surface area contributed by atoms with Gasteiger partial charge in [0.2, 0.25) is 0 Å². The number of nitrogens with zero attached hydrogens (tertiary/aromatic N) is 1. The first-order chi connectivity index (χ1) is 7.69. The molecule has 0 amide bonds. The van der Waals surface area contributed by atoms with Crippen LogP contribution in [-0.4, -0.2) is 23.9 Å². The van der Waals surface area contributed by atoms with Crippen molar-refractivity contribution < 1.29 is 4.39 Å². The third-order valence-corrected chi connectivity index (χ3v) is 4.02.